The molecule has 0 aliphatic rings. The minimum Gasteiger partial charge on any atom is -0.496 e. The van der Waals surface area contributed by atoms with Gasteiger partial charge in [-0.2, -0.15) is 0 Å². The summed E-state index contributed by atoms with van der Waals surface area (Å²) in [5, 5.41) is 0.922. The van der Waals surface area contributed by atoms with E-state index in [0.717, 1.165) is 22.2 Å². The molecule has 1 aromatic carbocycles. The van der Waals surface area contributed by atoms with Crippen LogP contribution in [0.2, 0.25) is 0 Å². The van der Waals surface area contributed by atoms with E-state index in [4.69, 9.17) is 9.47 Å². The number of aryl methyl sites for hydroxylation is 1. The lowest BCUT2D eigenvalue weighted by atomic mass is 10.0. The summed E-state index contributed by atoms with van der Waals surface area (Å²) < 4.78 is 10.0. The van der Waals surface area contributed by atoms with Crippen LogP contribution in [0.5, 0.6) is 5.75 Å². The molecule has 0 atom stereocenters. The lowest BCUT2D eigenvalue weighted by Gasteiger charge is -2.11. The summed E-state index contributed by atoms with van der Waals surface area (Å²) in [4.78, 5) is 15.9. The highest BCUT2D eigenvalue weighted by Crippen LogP contribution is 2.27. The number of carbonyl (C=O) groups is 1. The summed E-state index contributed by atoms with van der Waals surface area (Å²) in [6, 6.07) is 7.59. The van der Waals surface area contributed by atoms with Crippen molar-refractivity contribution in [2.75, 3.05) is 14.2 Å². The number of nitrogens with zero attached hydrogens (tertiary/aromatic N) is 1. The molecule has 94 valence electrons. The zero-order valence-corrected chi connectivity index (χ0v) is 10.7. The van der Waals surface area contributed by atoms with Crippen LogP contribution in [0.15, 0.2) is 24.3 Å². The Morgan fingerprint density at radius 3 is 2.67 bits per heavy atom. The van der Waals surface area contributed by atoms with Crippen molar-refractivity contribution in [3.05, 3.63) is 35.5 Å². The van der Waals surface area contributed by atoms with E-state index in [0.29, 0.717) is 5.75 Å². The Kier molecular flexibility index (Phi) is 3.46. The number of carbonyl (C=O) groups excluding carboxylic acids is 1. The third kappa shape index (κ3) is 2.27. The Labute approximate surface area is 106 Å². The van der Waals surface area contributed by atoms with Gasteiger partial charge in [0.2, 0.25) is 0 Å². The second kappa shape index (κ2) is 5.04. The van der Waals surface area contributed by atoms with Crippen LogP contribution >= 0.6 is 0 Å². The van der Waals surface area contributed by atoms with Crippen molar-refractivity contribution in [2.45, 2.75) is 13.3 Å². The number of aromatic nitrogens is 1. The summed E-state index contributed by atoms with van der Waals surface area (Å²) in [6.45, 7) is 1.93. The van der Waals surface area contributed by atoms with Gasteiger partial charge >= 0.3 is 5.97 Å². The lowest BCUT2D eigenvalue weighted by Crippen LogP contribution is -2.06. The fourth-order valence-corrected chi connectivity index (χ4v) is 1.94. The van der Waals surface area contributed by atoms with Crippen molar-refractivity contribution in [1.29, 1.82) is 0 Å². The molecule has 0 saturated carbocycles. The average molecular weight is 245 g/mol. The highest BCUT2D eigenvalue weighted by molar-refractivity contribution is 5.88. The fraction of sp³-hybridized carbons (Fsp3) is 0.286. The molecule has 18 heavy (non-hydrogen) atoms. The zero-order valence-electron chi connectivity index (χ0n) is 10.7. The summed E-state index contributed by atoms with van der Waals surface area (Å²) in [7, 11) is 2.96. The topological polar surface area (TPSA) is 48.4 Å². The largest absolute Gasteiger partial charge is 0.496 e. The highest BCUT2D eigenvalue weighted by Gasteiger charge is 2.13. The molecule has 0 aliphatic heterocycles. The van der Waals surface area contributed by atoms with Crippen LogP contribution in [0.3, 0.4) is 0 Å². The van der Waals surface area contributed by atoms with Gasteiger partial charge in [0.15, 0.2) is 0 Å². The predicted octanol–water partition coefficient (Wildman–Crippen LogP) is 2.27. The molecule has 2 aromatic rings. The molecule has 1 aromatic heterocycles. The third-order valence-electron chi connectivity index (χ3n) is 2.85. The van der Waals surface area contributed by atoms with Gasteiger partial charge in [-0.15, -0.1) is 0 Å². The van der Waals surface area contributed by atoms with Crippen LogP contribution in [0, 0.1) is 6.92 Å². The van der Waals surface area contributed by atoms with Crippen molar-refractivity contribution in [3.63, 3.8) is 0 Å². The number of rotatable bonds is 3. The second-order valence-electron chi connectivity index (χ2n) is 4.02. The molecule has 0 N–H and O–H groups in total. The first-order valence-electron chi connectivity index (χ1n) is 5.65. The van der Waals surface area contributed by atoms with Crippen LogP contribution in [-0.4, -0.2) is 25.2 Å². The Morgan fingerprint density at radius 2 is 2.00 bits per heavy atom. The van der Waals surface area contributed by atoms with Crippen molar-refractivity contribution in [3.8, 4) is 5.75 Å². The molecule has 0 amide bonds. The van der Waals surface area contributed by atoms with E-state index in [1.165, 1.54) is 7.11 Å². The van der Waals surface area contributed by atoms with Crippen molar-refractivity contribution >= 4 is 16.9 Å². The maximum atomic E-state index is 11.5. The fourth-order valence-electron chi connectivity index (χ4n) is 1.94. The van der Waals surface area contributed by atoms with E-state index in [-0.39, 0.29) is 12.4 Å². The minimum atomic E-state index is -0.290. The highest BCUT2D eigenvalue weighted by atomic mass is 16.5. The first-order chi connectivity index (χ1) is 8.65. The van der Waals surface area contributed by atoms with Gasteiger partial charge < -0.3 is 9.47 Å². The summed E-state index contributed by atoms with van der Waals surface area (Å²) in [6.07, 6.45) is 0.182. The van der Waals surface area contributed by atoms with E-state index in [1.807, 2.05) is 31.2 Å². The zero-order chi connectivity index (χ0) is 13.1. The molecule has 0 aliphatic carbocycles. The standard InChI is InChI=1S/C14H15NO3/c1-9-4-5-10-11(8-14(16)18-3)13(17-2)7-6-12(10)15-9/h4-7H,8H2,1-3H3. The number of hydrogen-bond acceptors (Lipinski definition) is 4. The van der Waals surface area contributed by atoms with Crippen LogP contribution in [0.4, 0.5) is 0 Å². The molecule has 0 unspecified atom stereocenters. The molecule has 2 rings (SSSR count). The molecule has 0 fully saturated rings. The van der Waals surface area contributed by atoms with Crippen molar-refractivity contribution in [1.82, 2.24) is 4.98 Å². The Balaban J connectivity index is 2.61. The number of fused-ring (bicyclic) bond motifs is 1. The van der Waals surface area contributed by atoms with Gasteiger partial charge in [0.25, 0.3) is 0 Å². The summed E-state index contributed by atoms with van der Waals surface area (Å²) in [5.41, 5.74) is 2.61. The minimum absolute atomic E-state index is 0.182. The van der Waals surface area contributed by atoms with Crippen LogP contribution < -0.4 is 4.74 Å². The van der Waals surface area contributed by atoms with Crippen LogP contribution in [-0.2, 0) is 16.0 Å². The molecule has 4 nitrogen and oxygen atoms in total. The molecule has 0 spiro atoms. The van der Waals surface area contributed by atoms with E-state index in [2.05, 4.69) is 4.98 Å². The molecule has 0 saturated heterocycles. The molecular weight excluding hydrogens is 230 g/mol. The van der Waals surface area contributed by atoms with Gasteiger partial charge in [0, 0.05) is 16.6 Å². The van der Waals surface area contributed by atoms with Crippen molar-refractivity contribution < 1.29 is 14.3 Å². The molecule has 4 heteroatoms. The number of methoxy groups -OCH3 is 2. The number of pyridine rings is 1. The molecule has 0 radical (unpaired) electrons. The molecular formula is C14H15NO3. The van der Waals surface area contributed by atoms with E-state index < -0.39 is 0 Å². The van der Waals surface area contributed by atoms with Gasteiger partial charge in [-0.25, -0.2) is 0 Å². The second-order valence-corrected chi connectivity index (χ2v) is 4.02. The van der Waals surface area contributed by atoms with Crippen LogP contribution in [0.25, 0.3) is 10.9 Å². The van der Waals surface area contributed by atoms with E-state index in [9.17, 15) is 4.79 Å². The van der Waals surface area contributed by atoms with Gasteiger partial charge in [0.05, 0.1) is 26.2 Å². The Morgan fingerprint density at radius 1 is 1.22 bits per heavy atom. The quantitative estimate of drug-likeness (QED) is 0.778. The lowest BCUT2D eigenvalue weighted by molar-refractivity contribution is -0.139. The van der Waals surface area contributed by atoms with Crippen LogP contribution in [0.1, 0.15) is 11.3 Å². The van der Waals surface area contributed by atoms with E-state index in [1.54, 1.807) is 7.11 Å². The maximum absolute atomic E-state index is 11.5. The normalized spacial score (nSPS) is 10.4. The van der Waals surface area contributed by atoms with Gasteiger partial charge in [-0.05, 0) is 25.1 Å². The first-order valence-corrected chi connectivity index (χ1v) is 5.65. The first kappa shape index (κ1) is 12.4. The van der Waals surface area contributed by atoms with Gasteiger partial charge in [-0.1, -0.05) is 6.07 Å². The summed E-state index contributed by atoms with van der Waals surface area (Å²) >= 11 is 0. The van der Waals surface area contributed by atoms with Crippen molar-refractivity contribution in [2.24, 2.45) is 0 Å². The summed E-state index contributed by atoms with van der Waals surface area (Å²) in [5.74, 6) is 0.389. The number of benzene rings is 1. The smallest absolute Gasteiger partial charge is 0.310 e. The molecule has 0 bridgehead atoms. The molecule has 1 heterocycles. The van der Waals surface area contributed by atoms with Gasteiger partial charge in [-0.3, -0.25) is 9.78 Å². The predicted molar refractivity (Wildman–Crippen MR) is 68.8 cm³/mol. The number of ether oxygens (including phenoxy) is 2. The number of hydrogen-bond donors (Lipinski definition) is 0. The van der Waals surface area contributed by atoms with Gasteiger partial charge in [0.1, 0.15) is 5.75 Å². The maximum Gasteiger partial charge on any atom is 0.310 e. The third-order valence-corrected chi connectivity index (χ3v) is 2.85. The Bertz CT molecular complexity index is 593. The number of esters is 1. The SMILES string of the molecule is COC(=O)Cc1c(OC)ccc2nc(C)ccc12. The Hall–Kier alpha value is -2.10. The average Bonchev–Trinajstić information content (AvgIpc) is 2.38. The monoisotopic (exact) mass is 245 g/mol. The van der Waals surface area contributed by atoms with E-state index >= 15 is 0 Å².